The van der Waals surface area contributed by atoms with Gasteiger partial charge in [-0.25, -0.2) is 12.8 Å². The zero-order valence-corrected chi connectivity index (χ0v) is 8.65. The van der Waals surface area contributed by atoms with Gasteiger partial charge in [-0.05, 0) is 24.6 Å². The maximum Gasteiger partial charge on any atom is 0.171 e. The van der Waals surface area contributed by atoms with Gasteiger partial charge in [0.1, 0.15) is 10.7 Å². The van der Waals surface area contributed by atoms with E-state index in [9.17, 15) is 12.8 Å². The van der Waals surface area contributed by atoms with Crippen molar-refractivity contribution in [1.29, 1.82) is 0 Å². The van der Waals surface area contributed by atoms with Crippen LogP contribution in [0.3, 0.4) is 0 Å². The fourth-order valence-electron chi connectivity index (χ4n) is 0.776. The molecule has 5 heteroatoms. The summed E-state index contributed by atoms with van der Waals surface area (Å²) < 4.78 is 34.4. The van der Waals surface area contributed by atoms with Crippen molar-refractivity contribution in [2.75, 3.05) is 0 Å². The van der Waals surface area contributed by atoms with E-state index < -0.39 is 16.5 Å². The van der Waals surface area contributed by atoms with Gasteiger partial charge >= 0.3 is 0 Å². The van der Waals surface area contributed by atoms with Gasteiger partial charge in [0.2, 0.25) is 0 Å². The van der Waals surface area contributed by atoms with Gasteiger partial charge in [-0.15, -0.1) is 0 Å². The van der Waals surface area contributed by atoms with Crippen molar-refractivity contribution in [2.24, 2.45) is 0 Å². The van der Waals surface area contributed by atoms with Crippen LogP contribution in [0.25, 0.3) is 0 Å². The number of hydrogen-bond acceptors (Lipinski definition) is 2. The maximum absolute atomic E-state index is 12.9. The van der Waals surface area contributed by atoms with Crippen molar-refractivity contribution >= 4 is 26.6 Å². The van der Waals surface area contributed by atoms with E-state index in [4.69, 9.17) is 0 Å². The van der Waals surface area contributed by atoms with E-state index in [1.165, 1.54) is 12.1 Å². The molecule has 1 aromatic carbocycles. The van der Waals surface area contributed by atoms with Gasteiger partial charge in [-0.3, -0.25) is 0 Å². The Morgan fingerprint density at radius 2 is 2.00 bits per heavy atom. The second-order valence-electron chi connectivity index (χ2n) is 2.31. The minimum absolute atomic E-state index is 0.275. The van der Waals surface area contributed by atoms with Crippen LogP contribution in [0, 0.1) is 12.7 Å². The van der Waals surface area contributed by atoms with Crippen LogP contribution in [0.5, 0.6) is 0 Å². The molecule has 1 aromatic rings. The standard InChI is InChI=1S/C7H6BrFO2S/c1-4-2-6(9)7(12(10)11)3-5(4)8/h2-3,12H,1H3. The van der Waals surface area contributed by atoms with Crippen molar-refractivity contribution in [3.05, 3.63) is 28.0 Å². The molecule has 0 N–H and O–H groups in total. The molecule has 1 rings (SSSR count). The average molecular weight is 253 g/mol. The van der Waals surface area contributed by atoms with Crippen molar-refractivity contribution in [3.63, 3.8) is 0 Å². The van der Waals surface area contributed by atoms with Crippen molar-refractivity contribution in [1.82, 2.24) is 0 Å². The third kappa shape index (κ3) is 1.84. The van der Waals surface area contributed by atoms with Crippen LogP contribution < -0.4 is 0 Å². The molecule has 0 aliphatic carbocycles. The monoisotopic (exact) mass is 252 g/mol. The molecular formula is C7H6BrFO2S. The molecule has 0 spiro atoms. The summed E-state index contributed by atoms with van der Waals surface area (Å²) >= 11 is 3.11. The highest BCUT2D eigenvalue weighted by Gasteiger charge is 2.06. The minimum Gasteiger partial charge on any atom is -0.227 e. The van der Waals surface area contributed by atoms with Crippen LogP contribution in [0.4, 0.5) is 4.39 Å². The quantitative estimate of drug-likeness (QED) is 0.775. The Balaban J connectivity index is 3.43. The summed E-state index contributed by atoms with van der Waals surface area (Å²) in [6.07, 6.45) is 0. The second-order valence-corrected chi connectivity index (χ2v) is 4.16. The average Bonchev–Trinajstić information content (AvgIpc) is 1.96. The molecule has 0 bridgehead atoms. The molecule has 0 fully saturated rings. The van der Waals surface area contributed by atoms with E-state index >= 15 is 0 Å². The molecular weight excluding hydrogens is 247 g/mol. The lowest BCUT2D eigenvalue weighted by atomic mass is 10.2. The summed E-state index contributed by atoms with van der Waals surface area (Å²) in [6, 6.07) is 2.45. The first-order valence-electron chi connectivity index (χ1n) is 3.12. The molecule has 0 unspecified atom stereocenters. The SMILES string of the molecule is Cc1cc(F)c([SH](=O)=O)cc1Br. The molecule has 0 heterocycles. The molecule has 0 radical (unpaired) electrons. The van der Waals surface area contributed by atoms with Crippen LogP contribution >= 0.6 is 15.9 Å². The predicted octanol–water partition coefficient (Wildman–Crippen LogP) is 1.87. The summed E-state index contributed by atoms with van der Waals surface area (Å²) in [5, 5.41) is 0. The van der Waals surface area contributed by atoms with E-state index in [2.05, 4.69) is 15.9 Å². The number of aryl methyl sites for hydroxylation is 1. The molecule has 66 valence electrons. The van der Waals surface area contributed by atoms with Crippen LogP contribution in [-0.2, 0) is 10.7 Å². The van der Waals surface area contributed by atoms with Crippen LogP contribution in [0.2, 0.25) is 0 Å². The fourth-order valence-corrected chi connectivity index (χ4v) is 1.77. The van der Waals surface area contributed by atoms with Gasteiger partial charge in [0.15, 0.2) is 10.7 Å². The van der Waals surface area contributed by atoms with Gasteiger partial charge in [-0.2, -0.15) is 0 Å². The van der Waals surface area contributed by atoms with Gasteiger partial charge in [0.25, 0.3) is 0 Å². The number of rotatable bonds is 1. The highest BCUT2D eigenvalue weighted by Crippen LogP contribution is 2.21. The Bertz CT molecular complexity index is 379. The fraction of sp³-hybridized carbons (Fsp3) is 0.143. The summed E-state index contributed by atoms with van der Waals surface area (Å²) in [6.45, 7) is 1.69. The summed E-state index contributed by atoms with van der Waals surface area (Å²) in [5.41, 5.74) is 0.674. The van der Waals surface area contributed by atoms with Crippen LogP contribution in [0.15, 0.2) is 21.5 Å². The van der Waals surface area contributed by atoms with Gasteiger partial charge in [0, 0.05) is 4.47 Å². The Hall–Kier alpha value is -0.420. The Morgan fingerprint density at radius 1 is 1.42 bits per heavy atom. The van der Waals surface area contributed by atoms with Crippen LogP contribution in [0.1, 0.15) is 5.56 Å². The first-order chi connectivity index (χ1) is 5.52. The minimum atomic E-state index is -2.85. The number of halogens is 2. The Kier molecular flexibility index (Phi) is 2.85. The predicted molar refractivity (Wildman–Crippen MR) is 47.4 cm³/mol. The smallest absolute Gasteiger partial charge is 0.171 e. The zero-order valence-electron chi connectivity index (χ0n) is 6.17. The number of thiol groups is 1. The van der Waals surface area contributed by atoms with Gasteiger partial charge in [-0.1, -0.05) is 15.9 Å². The summed E-state index contributed by atoms with van der Waals surface area (Å²) in [7, 11) is -2.85. The highest BCUT2D eigenvalue weighted by atomic mass is 79.9. The first kappa shape index (κ1) is 9.67. The zero-order chi connectivity index (χ0) is 9.30. The Labute approximate surface area is 79.5 Å². The molecule has 12 heavy (non-hydrogen) atoms. The van der Waals surface area contributed by atoms with E-state index in [1.807, 2.05) is 0 Å². The normalized spacial score (nSPS) is 10.7. The molecule has 0 aromatic heterocycles. The van der Waals surface area contributed by atoms with E-state index in [-0.39, 0.29) is 4.90 Å². The maximum atomic E-state index is 12.9. The first-order valence-corrected chi connectivity index (χ1v) is 5.09. The number of benzene rings is 1. The van der Waals surface area contributed by atoms with Crippen LogP contribution in [-0.4, -0.2) is 8.42 Å². The lowest BCUT2D eigenvalue weighted by Crippen LogP contribution is -1.89. The molecule has 0 atom stereocenters. The molecule has 0 aliphatic heterocycles. The lowest BCUT2D eigenvalue weighted by Gasteiger charge is -1.99. The third-order valence-electron chi connectivity index (χ3n) is 1.42. The molecule has 0 aliphatic rings. The van der Waals surface area contributed by atoms with E-state index in [0.29, 0.717) is 10.0 Å². The van der Waals surface area contributed by atoms with Crippen molar-refractivity contribution < 1.29 is 12.8 Å². The Morgan fingerprint density at radius 3 is 2.50 bits per heavy atom. The largest absolute Gasteiger partial charge is 0.227 e. The molecule has 0 saturated heterocycles. The summed E-state index contributed by atoms with van der Waals surface area (Å²) in [5.74, 6) is -0.702. The molecule has 2 nitrogen and oxygen atoms in total. The van der Waals surface area contributed by atoms with Crippen molar-refractivity contribution in [3.8, 4) is 0 Å². The van der Waals surface area contributed by atoms with E-state index in [0.717, 1.165) is 0 Å². The van der Waals surface area contributed by atoms with Gasteiger partial charge < -0.3 is 0 Å². The number of hydrogen-bond donors (Lipinski definition) is 1. The molecule has 0 saturated carbocycles. The lowest BCUT2D eigenvalue weighted by molar-refractivity contribution is 0.577. The highest BCUT2D eigenvalue weighted by molar-refractivity contribution is 9.10. The van der Waals surface area contributed by atoms with E-state index in [1.54, 1.807) is 6.92 Å². The summed E-state index contributed by atoms with van der Waals surface area (Å²) in [4.78, 5) is -0.275. The second kappa shape index (κ2) is 3.53. The molecule has 0 amide bonds. The van der Waals surface area contributed by atoms with Gasteiger partial charge in [0.05, 0.1) is 0 Å². The topological polar surface area (TPSA) is 34.1 Å². The van der Waals surface area contributed by atoms with Crippen molar-refractivity contribution in [2.45, 2.75) is 11.8 Å². The third-order valence-corrected chi connectivity index (χ3v) is 3.02.